The van der Waals surface area contributed by atoms with Gasteiger partial charge in [0.15, 0.2) is 0 Å². The minimum Gasteiger partial charge on any atom is -0.508 e. The summed E-state index contributed by atoms with van der Waals surface area (Å²) < 4.78 is 26.9. The average molecular weight is 341 g/mol. The van der Waals surface area contributed by atoms with E-state index in [1.165, 1.54) is 18.2 Å². The van der Waals surface area contributed by atoms with Crippen LogP contribution in [0.2, 0.25) is 0 Å². The molecule has 124 valence electrons. The van der Waals surface area contributed by atoms with Gasteiger partial charge in [-0.05, 0) is 35.4 Å². The molecule has 6 heteroatoms. The average Bonchev–Trinajstić information content (AvgIpc) is 2.46. The van der Waals surface area contributed by atoms with Crippen molar-refractivity contribution in [1.29, 1.82) is 0 Å². The summed E-state index contributed by atoms with van der Waals surface area (Å²) in [4.78, 5) is 2.17. The van der Waals surface area contributed by atoms with E-state index in [1.807, 2.05) is 6.07 Å². The van der Waals surface area contributed by atoms with E-state index in [0.29, 0.717) is 18.7 Å². The molecular weight excluding hydrogens is 322 g/mol. The first kappa shape index (κ1) is 17.7. The molecule has 0 spiro atoms. The molecule has 0 radical (unpaired) electrons. The third-order valence-electron chi connectivity index (χ3n) is 3.92. The largest absolute Gasteiger partial charge is 0.508 e. The quantitative estimate of drug-likeness (QED) is 0.900. The van der Waals surface area contributed by atoms with Gasteiger partial charge in [-0.1, -0.05) is 12.1 Å². The number of phenolic OH excluding ortho intramolecular Hbond substituents is 1. The molecule has 1 fully saturated rings. The highest BCUT2D eigenvalue weighted by atomic mass is 35.5. The van der Waals surface area contributed by atoms with Crippen molar-refractivity contribution in [3.05, 3.63) is 65.2 Å². The van der Waals surface area contributed by atoms with Crippen LogP contribution in [0.15, 0.2) is 42.5 Å². The molecule has 1 atom stereocenters. The molecule has 3 nitrogen and oxygen atoms in total. The fraction of sp³-hybridized carbons (Fsp3) is 0.294. The van der Waals surface area contributed by atoms with Gasteiger partial charge in [-0.15, -0.1) is 12.4 Å². The molecule has 2 aromatic rings. The van der Waals surface area contributed by atoms with Crippen LogP contribution in [-0.2, 0) is 6.54 Å². The molecule has 1 heterocycles. The zero-order valence-corrected chi connectivity index (χ0v) is 13.3. The van der Waals surface area contributed by atoms with Crippen molar-refractivity contribution in [3.8, 4) is 5.75 Å². The van der Waals surface area contributed by atoms with Crippen molar-refractivity contribution in [2.24, 2.45) is 0 Å². The Balaban J connectivity index is 0.00000192. The highest BCUT2D eigenvalue weighted by Crippen LogP contribution is 2.26. The Hall–Kier alpha value is -1.69. The van der Waals surface area contributed by atoms with Crippen molar-refractivity contribution in [1.82, 2.24) is 10.2 Å². The molecule has 2 aromatic carbocycles. The number of phenols is 1. The number of nitrogens with zero attached hydrogens (tertiary/aromatic N) is 1. The van der Waals surface area contributed by atoms with Crippen LogP contribution in [-0.4, -0.2) is 29.6 Å². The van der Waals surface area contributed by atoms with E-state index in [4.69, 9.17) is 0 Å². The van der Waals surface area contributed by atoms with E-state index in [1.54, 1.807) is 12.1 Å². The van der Waals surface area contributed by atoms with Crippen LogP contribution in [0.5, 0.6) is 5.75 Å². The maximum Gasteiger partial charge on any atom is 0.127 e. The second-order valence-electron chi connectivity index (χ2n) is 5.56. The standard InChI is InChI=1S/C17H18F2N2O.ClH/c18-14-3-1-2-13(8-14)17-10-20-4-5-21(17)11-12-6-15(19)9-16(22)7-12;/h1-3,6-9,17,20,22H,4-5,10-11H2;1H. The Labute approximate surface area is 140 Å². The van der Waals surface area contributed by atoms with Gasteiger partial charge in [0.1, 0.15) is 17.4 Å². The normalized spacial score (nSPS) is 18.4. The Morgan fingerprint density at radius 3 is 2.70 bits per heavy atom. The molecule has 23 heavy (non-hydrogen) atoms. The number of aromatic hydroxyl groups is 1. The molecule has 0 bridgehead atoms. The second kappa shape index (κ2) is 7.73. The first-order valence-electron chi connectivity index (χ1n) is 7.30. The van der Waals surface area contributed by atoms with Gasteiger partial charge in [0, 0.05) is 38.3 Å². The summed E-state index contributed by atoms with van der Waals surface area (Å²) >= 11 is 0. The molecule has 1 saturated heterocycles. The van der Waals surface area contributed by atoms with Crippen LogP contribution in [0.4, 0.5) is 8.78 Å². The van der Waals surface area contributed by atoms with Gasteiger partial charge in [0.2, 0.25) is 0 Å². The fourth-order valence-corrected chi connectivity index (χ4v) is 2.94. The van der Waals surface area contributed by atoms with Crippen LogP contribution >= 0.6 is 12.4 Å². The number of hydrogen-bond donors (Lipinski definition) is 2. The van der Waals surface area contributed by atoms with Crippen molar-refractivity contribution in [3.63, 3.8) is 0 Å². The predicted molar refractivity (Wildman–Crippen MR) is 87.7 cm³/mol. The fourth-order valence-electron chi connectivity index (χ4n) is 2.94. The molecule has 1 unspecified atom stereocenters. The van der Waals surface area contributed by atoms with Crippen molar-refractivity contribution < 1.29 is 13.9 Å². The number of halogens is 3. The number of piperazine rings is 1. The van der Waals surface area contributed by atoms with Crippen LogP contribution < -0.4 is 5.32 Å². The number of hydrogen-bond acceptors (Lipinski definition) is 3. The van der Waals surface area contributed by atoms with Crippen LogP contribution in [0, 0.1) is 11.6 Å². The molecule has 0 saturated carbocycles. The van der Waals surface area contributed by atoms with Crippen LogP contribution in [0.3, 0.4) is 0 Å². The van der Waals surface area contributed by atoms with Crippen molar-refractivity contribution >= 4 is 12.4 Å². The predicted octanol–water partition coefficient (Wildman–Crippen LogP) is 3.24. The van der Waals surface area contributed by atoms with E-state index < -0.39 is 5.82 Å². The topological polar surface area (TPSA) is 35.5 Å². The highest BCUT2D eigenvalue weighted by molar-refractivity contribution is 5.85. The minimum absolute atomic E-state index is 0. The Kier molecular flexibility index (Phi) is 5.93. The van der Waals surface area contributed by atoms with E-state index in [0.717, 1.165) is 24.7 Å². The van der Waals surface area contributed by atoms with Gasteiger partial charge in [-0.2, -0.15) is 0 Å². The summed E-state index contributed by atoms with van der Waals surface area (Å²) in [7, 11) is 0. The lowest BCUT2D eigenvalue weighted by atomic mass is 10.0. The number of nitrogens with one attached hydrogen (secondary N) is 1. The van der Waals surface area contributed by atoms with Crippen molar-refractivity contribution in [2.75, 3.05) is 19.6 Å². The zero-order valence-electron chi connectivity index (χ0n) is 12.5. The lowest BCUT2D eigenvalue weighted by molar-refractivity contribution is 0.153. The molecule has 0 aliphatic carbocycles. The van der Waals surface area contributed by atoms with E-state index in [-0.39, 0.29) is 30.0 Å². The maximum absolute atomic E-state index is 13.5. The number of benzene rings is 2. The lowest BCUT2D eigenvalue weighted by Crippen LogP contribution is -2.45. The zero-order chi connectivity index (χ0) is 15.5. The van der Waals surface area contributed by atoms with Crippen LogP contribution in [0.1, 0.15) is 17.2 Å². The minimum atomic E-state index is -0.451. The summed E-state index contributed by atoms with van der Waals surface area (Å²) in [6.45, 7) is 2.82. The van der Waals surface area contributed by atoms with Gasteiger partial charge < -0.3 is 10.4 Å². The van der Waals surface area contributed by atoms with Gasteiger partial charge in [0.25, 0.3) is 0 Å². The Morgan fingerprint density at radius 2 is 1.96 bits per heavy atom. The molecule has 0 aromatic heterocycles. The first-order valence-corrected chi connectivity index (χ1v) is 7.30. The first-order chi connectivity index (χ1) is 10.6. The van der Waals surface area contributed by atoms with Crippen molar-refractivity contribution in [2.45, 2.75) is 12.6 Å². The maximum atomic E-state index is 13.5. The third kappa shape index (κ3) is 4.41. The summed E-state index contributed by atoms with van der Waals surface area (Å²) in [5.74, 6) is -0.786. The van der Waals surface area contributed by atoms with Gasteiger partial charge in [0.05, 0.1) is 0 Å². The third-order valence-corrected chi connectivity index (χ3v) is 3.92. The molecule has 1 aliphatic rings. The Morgan fingerprint density at radius 1 is 1.13 bits per heavy atom. The van der Waals surface area contributed by atoms with E-state index in [9.17, 15) is 13.9 Å². The highest BCUT2D eigenvalue weighted by Gasteiger charge is 2.24. The Bertz CT molecular complexity index is 649. The van der Waals surface area contributed by atoms with Gasteiger partial charge >= 0.3 is 0 Å². The molecule has 3 rings (SSSR count). The molecule has 0 amide bonds. The molecule has 2 N–H and O–H groups in total. The van der Waals surface area contributed by atoms with Crippen LogP contribution in [0.25, 0.3) is 0 Å². The summed E-state index contributed by atoms with van der Waals surface area (Å²) in [6, 6.07) is 10.7. The SMILES string of the molecule is Cl.Oc1cc(F)cc(CN2CCNCC2c2cccc(F)c2)c1. The molecule has 1 aliphatic heterocycles. The van der Waals surface area contributed by atoms with Gasteiger partial charge in [-0.25, -0.2) is 8.78 Å². The second-order valence-corrected chi connectivity index (χ2v) is 5.56. The van der Waals surface area contributed by atoms with Gasteiger partial charge in [-0.3, -0.25) is 4.90 Å². The monoisotopic (exact) mass is 340 g/mol. The van der Waals surface area contributed by atoms with E-state index in [2.05, 4.69) is 10.2 Å². The summed E-state index contributed by atoms with van der Waals surface area (Å²) in [5, 5.41) is 12.8. The summed E-state index contributed by atoms with van der Waals surface area (Å²) in [5.41, 5.74) is 1.61. The number of rotatable bonds is 3. The lowest BCUT2D eigenvalue weighted by Gasteiger charge is -2.36. The smallest absolute Gasteiger partial charge is 0.127 e. The molecular formula is C17H19ClF2N2O. The van der Waals surface area contributed by atoms with E-state index >= 15 is 0 Å². The summed E-state index contributed by atoms with van der Waals surface area (Å²) in [6.07, 6.45) is 0.